The molecular formula is C12H14N4O2. The topological polar surface area (TPSA) is 120 Å². The molecule has 1 aliphatic carbocycles. The Morgan fingerprint density at radius 3 is 2.33 bits per heavy atom. The summed E-state index contributed by atoms with van der Waals surface area (Å²) < 4.78 is 0. The maximum atomic E-state index is 11.9. The minimum Gasteiger partial charge on any atom is -0.305 e. The molecule has 2 amide bonds. The van der Waals surface area contributed by atoms with Crippen molar-refractivity contribution in [3.63, 3.8) is 0 Å². The van der Waals surface area contributed by atoms with Crippen LogP contribution < -0.4 is 11.1 Å². The van der Waals surface area contributed by atoms with Gasteiger partial charge in [-0.2, -0.15) is 10.5 Å². The van der Waals surface area contributed by atoms with Crippen LogP contribution in [0.2, 0.25) is 0 Å². The minimum absolute atomic E-state index is 0.467. The number of hydrogen-bond acceptors (Lipinski definition) is 5. The van der Waals surface area contributed by atoms with E-state index in [9.17, 15) is 20.1 Å². The van der Waals surface area contributed by atoms with Gasteiger partial charge in [-0.1, -0.05) is 19.3 Å². The highest BCUT2D eigenvalue weighted by Crippen LogP contribution is 2.51. The molecule has 1 heterocycles. The van der Waals surface area contributed by atoms with Crippen LogP contribution in [0.25, 0.3) is 0 Å². The Balaban J connectivity index is 2.58. The van der Waals surface area contributed by atoms with Crippen molar-refractivity contribution < 1.29 is 9.59 Å². The lowest BCUT2D eigenvalue weighted by Crippen LogP contribution is -2.73. The van der Waals surface area contributed by atoms with E-state index in [0.29, 0.717) is 12.8 Å². The monoisotopic (exact) mass is 246 g/mol. The molecule has 6 nitrogen and oxygen atoms in total. The number of hydrogen-bond donors (Lipinski definition) is 2. The lowest BCUT2D eigenvalue weighted by molar-refractivity contribution is -0.148. The molecule has 2 rings (SSSR count). The van der Waals surface area contributed by atoms with Gasteiger partial charge in [0.05, 0.1) is 12.1 Å². The van der Waals surface area contributed by atoms with Crippen LogP contribution in [0.5, 0.6) is 0 Å². The second-order valence-corrected chi connectivity index (χ2v) is 5.02. The number of nitriles is 2. The number of piperidine rings is 1. The van der Waals surface area contributed by atoms with E-state index in [2.05, 4.69) is 0 Å². The number of carbonyl (C=O) groups is 2. The summed E-state index contributed by atoms with van der Waals surface area (Å²) in [6.45, 7) is 0. The normalized spacial score (nSPS) is 34.5. The molecule has 94 valence electrons. The summed E-state index contributed by atoms with van der Waals surface area (Å²) in [5, 5.41) is 20.5. The van der Waals surface area contributed by atoms with Crippen molar-refractivity contribution in [2.75, 3.05) is 0 Å². The first-order valence-corrected chi connectivity index (χ1v) is 5.97. The molecule has 1 saturated heterocycles. The third-order valence-electron chi connectivity index (χ3n) is 4.25. The second-order valence-electron chi connectivity index (χ2n) is 5.02. The first-order valence-electron chi connectivity index (χ1n) is 5.97. The highest BCUT2D eigenvalue weighted by atomic mass is 16.2. The highest BCUT2D eigenvalue weighted by Gasteiger charge is 2.64. The zero-order valence-electron chi connectivity index (χ0n) is 9.90. The quantitative estimate of drug-likeness (QED) is 0.581. The van der Waals surface area contributed by atoms with Gasteiger partial charge in [-0.05, 0) is 12.8 Å². The number of rotatable bonds is 0. The summed E-state index contributed by atoms with van der Waals surface area (Å²) in [6.07, 6.45) is 3.46. The molecule has 0 bridgehead atoms. The summed E-state index contributed by atoms with van der Waals surface area (Å²) >= 11 is 0. The molecular weight excluding hydrogens is 232 g/mol. The van der Waals surface area contributed by atoms with E-state index in [4.69, 9.17) is 5.73 Å². The van der Waals surface area contributed by atoms with Gasteiger partial charge in [0.1, 0.15) is 5.92 Å². The van der Waals surface area contributed by atoms with Crippen molar-refractivity contribution in [2.24, 2.45) is 17.1 Å². The van der Waals surface area contributed by atoms with Crippen LogP contribution in [0, 0.1) is 34.0 Å². The fourth-order valence-corrected chi connectivity index (χ4v) is 3.20. The Labute approximate surface area is 105 Å². The molecule has 18 heavy (non-hydrogen) atoms. The average Bonchev–Trinajstić information content (AvgIpc) is 2.38. The van der Waals surface area contributed by atoms with Crippen LogP contribution in [0.15, 0.2) is 0 Å². The molecule has 1 aliphatic heterocycles. The fraction of sp³-hybridized carbons (Fsp3) is 0.667. The zero-order valence-corrected chi connectivity index (χ0v) is 9.90. The average molecular weight is 246 g/mol. The maximum Gasteiger partial charge on any atom is 0.262 e. The Morgan fingerprint density at radius 2 is 1.83 bits per heavy atom. The van der Waals surface area contributed by atoms with Crippen molar-refractivity contribution in [3.05, 3.63) is 0 Å². The summed E-state index contributed by atoms with van der Waals surface area (Å²) in [4.78, 5) is 23.7. The standard InChI is InChI=1S/C12H14N4O2/c13-6-8-9(17)16-10(18)12(15,7-14)11(8)4-2-1-3-5-11/h8H,1-5,15H2,(H,16,17,18). The maximum absolute atomic E-state index is 11.9. The van der Waals surface area contributed by atoms with Gasteiger partial charge >= 0.3 is 0 Å². The van der Waals surface area contributed by atoms with Gasteiger partial charge in [0.25, 0.3) is 5.91 Å². The molecule has 1 saturated carbocycles. The highest BCUT2D eigenvalue weighted by molar-refractivity contribution is 6.07. The molecule has 2 atom stereocenters. The fourth-order valence-electron chi connectivity index (χ4n) is 3.20. The Morgan fingerprint density at radius 1 is 1.22 bits per heavy atom. The summed E-state index contributed by atoms with van der Waals surface area (Å²) in [6, 6.07) is 3.77. The van der Waals surface area contributed by atoms with Crippen molar-refractivity contribution in [1.82, 2.24) is 5.32 Å². The minimum atomic E-state index is -1.79. The molecule has 2 aliphatic rings. The number of amides is 2. The third kappa shape index (κ3) is 1.36. The van der Waals surface area contributed by atoms with E-state index in [0.717, 1.165) is 19.3 Å². The summed E-state index contributed by atoms with van der Waals surface area (Å²) in [5.41, 5.74) is 3.14. The largest absolute Gasteiger partial charge is 0.305 e. The lowest BCUT2D eigenvalue weighted by Gasteiger charge is -2.50. The number of nitrogens with one attached hydrogen (secondary N) is 1. The number of imide groups is 1. The van der Waals surface area contributed by atoms with Gasteiger partial charge in [0.15, 0.2) is 5.54 Å². The zero-order chi connectivity index (χ0) is 13.4. The van der Waals surface area contributed by atoms with Gasteiger partial charge < -0.3 is 5.73 Å². The van der Waals surface area contributed by atoms with Crippen LogP contribution in [0.3, 0.4) is 0 Å². The molecule has 0 aromatic carbocycles. The van der Waals surface area contributed by atoms with Crippen molar-refractivity contribution in [2.45, 2.75) is 37.6 Å². The third-order valence-corrected chi connectivity index (χ3v) is 4.25. The molecule has 2 unspecified atom stereocenters. The molecule has 0 aromatic rings. The first-order chi connectivity index (χ1) is 8.52. The van der Waals surface area contributed by atoms with Crippen LogP contribution in [-0.4, -0.2) is 17.4 Å². The van der Waals surface area contributed by atoms with Crippen LogP contribution >= 0.6 is 0 Å². The van der Waals surface area contributed by atoms with Gasteiger partial charge in [-0.15, -0.1) is 0 Å². The van der Waals surface area contributed by atoms with E-state index < -0.39 is 28.7 Å². The Hall–Kier alpha value is -1.92. The predicted molar refractivity (Wildman–Crippen MR) is 60.3 cm³/mol. The van der Waals surface area contributed by atoms with Gasteiger partial charge in [-0.3, -0.25) is 14.9 Å². The summed E-state index contributed by atoms with van der Waals surface area (Å²) in [5.74, 6) is -2.43. The lowest BCUT2D eigenvalue weighted by atomic mass is 9.54. The van der Waals surface area contributed by atoms with Crippen LogP contribution in [0.4, 0.5) is 0 Å². The van der Waals surface area contributed by atoms with Gasteiger partial charge in [0.2, 0.25) is 5.91 Å². The van der Waals surface area contributed by atoms with E-state index >= 15 is 0 Å². The van der Waals surface area contributed by atoms with E-state index in [1.807, 2.05) is 17.5 Å². The number of carbonyl (C=O) groups excluding carboxylic acids is 2. The summed E-state index contributed by atoms with van der Waals surface area (Å²) in [7, 11) is 0. The van der Waals surface area contributed by atoms with Gasteiger partial charge in [-0.25, -0.2) is 0 Å². The molecule has 1 spiro atoms. The van der Waals surface area contributed by atoms with E-state index in [1.54, 1.807) is 0 Å². The first kappa shape index (κ1) is 12.5. The molecule has 0 radical (unpaired) electrons. The van der Waals surface area contributed by atoms with E-state index in [1.165, 1.54) is 0 Å². The smallest absolute Gasteiger partial charge is 0.262 e. The van der Waals surface area contributed by atoms with Crippen LogP contribution in [0.1, 0.15) is 32.1 Å². The number of nitrogens with two attached hydrogens (primary N) is 1. The Kier molecular flexibility index (Phi) is 2.84. The van der Waals surface area contributed by atoms with Crippen LogP contribution in [-0.2, 0) is 9.59 Å². The molecule has 0 aromatic heterocycles. The SMILES string of the molecule is N#CC1C(=O)NC(=O)C(N)(C#N)C12CCCCC2. The predicted octanol–water partition coefficient (Wildman–Crippen LogP) is -0.0458. The van der Waals surface area contributed by atoms with Crippen molar-refractivity contribution >= 4 is 11.8 Å². The Bertz CT molecular complexity index is 481. The molecule has 6 heteroatoms. The molecule has 3 N–H and O–H groups in total. The van der Waals surface area contributed by atoms with Crippen molar-refractivity contribution in [3.8, 4) is 12.1 Å². The van der Waals surface area contributed by atoms with Crippen molar-refractivity contribution in [1.29, 1.82) is 10.5 Å². The van der Waals surface area contributed by atoms with Gasteiger partial charge in [0, 0.05) is 5.41 Å². The molecule has 2 fully saturated rings. The number of nitrogens with zero attached hydrogens (tertiary/aromatic N) is 2. The second kappa shape index (κ2) is 4.08. The van der Waals surface area contributed by atoms with E-state index in [-0.39, 0.29) is 0 Å².